The van der Waals surface area contributed by atoms with Crippen LogP contribution in [0.3, 0.4) is 0 Å². The number of benzene rings is 2. The maximum absolute atomic E-state index is 12.8. The fourth-order valence-corrected chi connectivity index (χ4v) is 2.19. The first-order valence-corrected chi connectivity index (χ1v) is 7.89. The Hall–Kier alpha value is -2.78. The second kappa shape index (κ2) is 9.50. The van der Waals surface area contributed by atoms with Gasteiger partial charge < -0.3 is 14.8 Å². The number of carbonyl (C=O) groups excluding carboxylic acids is 1. The highest BCUT2D eigenvalue weighted by molar-refractivity contribution is 6.30. The molecular weight excluding hydrogens is 347 g/mol. The Morgan fingerprint density at radius 3 is 2.60 bits per heavy atom. The molecule has 1 N–H and O–H groups in total. The van der Waals surface area contributed by atoms with Gasteiger partial charge in [0.25, 0.3) is 0 Å². The van der Waals surface area contributed by atoms with Crippen molar-refractivity contribution >= 4 is 17.5 Å². The van der Waals surface area contributed by atoms with Gasteiger partial charge in [-0.1, -0.05) is 11.6 Å². The lowest BCUT2D eigenvalue weighted by Crippen LogP contribution is -2.22. The summed E-state index contributed by atoms with van der Waals surface area (Å²) >= 11 is 5.97. The first-order valence-electron chi connectivity index (χ1n) is 7.51. The number of amides is 1. The van der Waals surface area contributed by atoms with Crippen LogP contribution in [-0.2, 0) is 11.3 Å². The van der Waals surface area contributed by atoms with Gasteiger partial charge in [0.2, 0.25) is 5.91 Å². The molecule has 0 atom stereocenters. The highest BCUT2D eigenvalue weighted by Gasteiger charge is 2.07. The molecule has 0 radical (unpaired) electrons. The van der Waals surface area contributed by atoms with Crippen molar-refractivity contribution in [3.05, 3.63) is 58.9 Å². The number of carbonyl (C=O) groups is 1. The van der Waals surface area contributed by atoms with Crippen LogP contribution in [0, 0.1) is 17.1 Å². The van der Waals surface area contributed by atoms with E-state index in [1.165, 1.54) is 24.3 Å². The van der Waals surface area contributed by atoms with Crippen molar-refractivity contribution in [1.82, 2.24) is 5.32 Å². The zero-order chi connectivity index (χ0) is 18.1. The van der Waals surface area contributed by atoms with Gasteiger partial charge in [-0.3, -0.25) is 4.79 Å². The Morgan fingerprint density at radius 2 is 1.88 bits per heavy atom. The number of nitrogens with one attached hydrogen (secondary N) is 1. The minimum absolute atomic E-state index is 0.204. The minimum Gasteiger partial charge on any atom is -0.490 e. The molecule has 0 spiro atoms. The van der Waals surface area contributed by atoms with Gasteiger partial charge in [-0.15, -0.1) is 0 Å². The van der Waals surface area contributed by atoms with E-state index in [1.807, 2.05) is 0 Å². The summed E-state index contributed by atoms with van der Waals surface area (Å²) in [5.74, 6) is 0.412. The molecule has 0 saturated carbocycles. The van der Waals surface area contributed by atoms with Crippen LogP contribution in [0.15, 0.2) is 42.5 Å². The summed E-state index contributed by atoms with van der Waals surface area (Å²) in [6.07, 6.45) is -0.206. The lowest BCUT2D eigenvalue weighted by Gasteiger charge is -2.13. The number of nitriles is 1. The van der Waals surface area contributed by atoms with E-state index in [9.17, 15) is 9.18 Å². The summed E-state index contributed by atoms with van der Waals surface area (Å²) in [6.45, 7) is 0.738. The molecule has 0 aliphatic heterocycles. The van der Waals surface area contributed by atoms with Gasteiger partial charge >= 0.3 is 0 Å². The summed E-state index contributed by atoms with van der Waals surface area (Å²) in [7, 11) is 0. The predicted octanol–water partition coefficient (Wildman–Crippen LogP) is 3.47. The first-order chi connectivity index (χ1) is 12.1. The van der Waals surface area contributed by atoms with E-state index in [4.69, 9.17) is 26.3 Å². The van der Waals surface area contributed by atoms with Crippen molar-refractivity contribution in [1.29, 1.82) is 5.26 Å². The summed E-state index contributed by atoms with van der Waals surface area (Å²) in [5, 5.41) is 11.6. The molecule has 1 amide bonds. The Bertz CT molecular complexity index is 760. The number of halogens is 2. The molecule has 0 saturated heterocycles. The van der Waals surface area contributed by atoms with E-state index >= 15 is 0 Å². The smallest absolute Gasteiger partial charge is 0.234 e. The van der Waals surface area contributed by atoms with Gasteiger partial charge in [-0.25, -0.2) is 4.39 Å². The van der Waals surface area contributed by atoms with Crippen LogP contribution in [0.5, 0.6) is 11.5 Å². The van der Waals surface area contributed by atoms with Gasteiger partial charge in [0.1, 0.15) is 37.0 Å². The van der Waals surface area contributed by atoms with Crippen LogP contribution in [-0.4, -0.2) is 19.1 Å². The van der Waals surface area contributed by atoms with Gasteiger partial charge in [-0.05, 0) is 42.5 Å². The van der Waals surface area contributed by atoms with Gasteiger partial charge in [-0.2, -0.15) is 5.26 Å². The summed E-state index contributed by atoms with van der Waals surface area (Å²) in [6, 6.07) is 12.6. The number of rotatable bonds is 8. The lowest BCUT2D eigenvalue weighted by atomic mass is 10.2. The summed E-state index contributed by atoms with van der Waals surface area (Å²) in [4.78, 5) is 11.4. The molecule has 5 nitrogen and oxygen atoms in total. The van der Waals surface area contributed by atoms with Crippen molar-refractivity contribution in [2.45, 2.75) is 13.0 Å². The molecule has 2 rings (SSSR count). The van der Waals surface area contributed by atoms with E-state index in [-0.39, 0.29) is 37.9 Å². The van der Waals surface area contributed by atoms with Crippen molar-refractivity contribution < 1.29 is 18.7 Å². The molecule has 25 heavy (non-hydrogen) atoms. The number of hydrogen-bond acceptors (Lipinski definition) is 4. The predicted molar refractivity (Wildman–Crippen MR) is 90.9 cm³/mol. The van der Waals surface area contributed by atoms with Crippen LogP contribution < -0.4 is 14.8 Å². The SMILES string of the molecule is N#CCC(=O)NCc1cc(Cl)ccc1OCCOc1ccc(F)cc1. The van der Waals surface area contributed by atoms with Gasteiger partial charge in [0.05, 0.1) is 6.07 Å². The molecule has 0 heterocycles. The minimum atomic E-state index is -0.368. The zero-order valence-corrected chi connectivity index (χ0v) is 14.1. The van der Waals surface area contributed by atoms with Crippen LogP contribution in [0.25, 0.3) is 0 Å². The molecule has 0 aliphatic rings. The lowest BCUT2D eigenvalue weighted by molar-refractivity contribution is -0.120. The Morgan fingerprint density at radius 1 is 1.16 bits per heavy atom. The van der Waals surface area contributed by atoms with Crippen molar-refractivity contribution in [3.8, 4) is 17.6 Å². The van der Waals surface area contributed by atoms with E-state index in [0.29, 0.717) is 22.1 Å². The highest BCUT2D eigenvalue weighted by atomic mass is 35.5. The first kappa shape index (κ1) is 18.6. The normalized spacial score (nSPS) is 9.96. The fraction of sp³-hybridized carbons (Fsp3) is 0.222. The largest absolute Gasteiger partial charge is 0.490 e. The third-order valence-electron chi connectivity index (χ3n) is 3.16. The molecule has 130 valence electrons. The Balaban J connectivity index is 1.87. The second-order valence-corrected chi connectivity index (χ2v) is 5.45. The maximum Gasteiger partial charge on any atom is 0.234 e. The third kappa shape index (κ3) is 6.32. The average Bonchev–Trinajstić information content (AvgIpc) is 2.60. The molecule has 0 aromatic heterocycles. The monoisotopic (exact) mass is 362 g/mol. The van der Waals surface area contributed by atoms with Crippen LogP contribution in [0.1, 0.15) is 12.0 Å². The van der Waals surface area contributed by atoms with Crippen molar-refractivity contribution in [2.75, 3.05) is 13.2 Å². The summed E-state index contributed by atoms with van der Waals surface area (Å²) < 4.78 is 23.9. The zero-order valence-electron chi connectivity index (χ0n) is 13.3. The quantitative estimate of drug-likeness (QED) is 0.730. The number of nitrogens with zero attached hydrogens (tertiary/aromatic N) is 1. The van der Waals surface area contributed by atoms with Gasteiger partial charge in [0.15, 0.2) is 0 Å². The van der Waals surface area contributed by atoms with Crippen molar-refractivity contribution in [3.63, 3.8) is 0 Å². The topological polar surface area (TPSA) is 71.4 Å². The molecule has 2 aromatic carbocycles. The average molecular weight is 363 g/mol. The highest BCUT2D eigenvalue weighted by Crippen LogP contribution is 2.23. The summed E-state index contributed by atoms with van der Waals surface area (Å²) in [5.41, 5.74) is 0.695. The third-order valence-corrected chi connectivity index (χ3v) is 3.40. The van der Waals surface area contributed by atoms with Crippen molar-refractivity contribution in [2.24, 2.45) is 0 Å². The Labute approximate surface area is 149 Å². The van der Waals surface area contributed by atoms with Crippen LogP contribution in [0.4, 0.5) is 4.39 Å². The van der Waals surface area contributed by atoms with E-state index < -0.39 is 0 Å². The van der Waals surface area contributed by atoms with Crippen LogP contribution >= 0.6 is 11.6 Å². The molecule has 0 aliphatic carbocycles. The fourth-order valence-electron chi connectivity index (χ4n) is 2.00. The molecule has 2 aromatic rings. The molecule has 0 unspecified atom stereocenters. The number of hydrogen-bond donors (Lipinski definition) is 1. The maximum atomic E-state index is 12.8. The molecular formula is C18H16ClFN2O3. The van der Waals surface area contributed by atoms with E-state index in [0.717, 1.165) is 0 Å². The molecule has 7 heteroatoms. The second-order valence-electron chi connectivity index (χ2n) is 5.01. The standard InChI is InChI=1S/C18H16ClFN2O3/c19-14-1-6-17(13(11-14)12-22-18(23)7-8-21)25-10-9-24-16-4-2-15(20)3-5-16/h1-6,11H,7,9-10,12H2,(H,22,23). The Kier molecular flexibility index (Phi) is 7.05. The van der Waals surface area contributed by atoms with E-state index in [2.05, 4.69) is 5.32 Å². The number of ether oxygens (including phenoxy) is 2. The molecule has 0 bridgehead atoms. The molecule has 0 fully saturated rings. The van der Waals surface area contributed by atoms with E-state index in [1.54, 1.807) is 24.3 Å². The van der Waals surface area contributed by atoms with Crippen LogP contribution in [0.2, 0.25) is 5.02 Å². The van der Waals surface area contributed by atoms with Gasteiger partial charge in [0, 0.05) is 17.1 Å².